The Hall–Kier alpha value is -0.610. The first kappa shape index (κ1) is 15.4. The van der Waals surface area contributed by atoms with E-state index in [2.05, 4.69) is 26.1 Å². The van der Waals surface area contributed by atoms with Crippen molar-refractivity contribution in [3.05, 3.63) is 0 Å². The molecular weight excluding hydrogens is 228 g/mol. The van der Waals surface area contributed by atoms with Gasteiger partial charge in [-0.1, -0.05) is 27.2 Å². The Morgan fingerprint density at radius 2 is 2.22 bits per heavy atom. The van der Waals surface area contributed by atoms with Crippen molar-refractivity contribution < 1.29 is 9.53 Å². The lowest BCUT2D eigenvalue weighted by atomic mass is 10.0. The van der Waals surface area contributed by atoms with Crippen LogP contribution in [0.2, 0.25) is 0 Å². The average molecular weight is 256 g/mol. The Labute approximate surface area is 111 Å². The highest BCUT2D eigenvalue weighted by Crippen LogP contribution is 2.12. The Morgan fingerprint density at radius 1 is 1.44 bits per heavy atom. The fraction of sp³-hybridized carbons (Fsp3) is 0.929. The van der Waals surface area contributed by atoms with E-state index in [9.17, 15) is 4.79 Å². The number of carbonyl (C=O) groups excluding carboxylic acids is 1. The van der Waals surface area contributed by atoms with Crippen molar-refractivity contribution in [2.45, 2.75) is 58.5 Å². The molecule has 1 rings (SSSR count). The number of nitrogens with zero attached hydrogens (tertiary/aromatic N) is 1. The van der Waals surface area contributed by atoms with Gasteiger partial charge in [0.15, 0.2) is 0 Å². The SMILES string of the molecule is CCCCOCCN1CCCC(NC(C)C)C1=O. The molecule has 0 radical (unpaired) electrons. The van der Waals surface area contributed by atoms with Gasteiger partial charge in [-0.05, 0) is 19.3 Å². The van der Waals surface area contributed by atoms with Gasteiger partial charge < -0.3 is 15.0 Å². The number of unbranched alkanes of at least 4 members (excludes halogenated alkanes) is 1. The third-order valence-corrected chi connectivity index (χ3v) is 3.21. The molecule has 1 saturated heterocycles. The van der Waals surface area contributed by atoms with Crippen LogP contribution in [-0.2, 0) is 9.53 Å². The number of ether oxygens (including phenoxy) is 1. The van der Waals surface area contributed by atoms with Gasteiger partial charge in [-0.15, -0.1) is 0 Å². The standard InChI is InChI=1S/C14H28N2O2/c1-4-5-10-18-11-9-16-8-6-7-13(14(16)17)15-12(2)3/h12-13,15H,4-11H2,1-3H3. The van der Waals surface area contributed by atoms with Crippen molar-refractivity contribution in [1.29, 1.82) is 0 Å². The topological polar surface area (TPSA) is 41.6 Å². The van der Waals surface area contributed by atoms with Crippen LogP contribution in [0.3, 0.4) is 0 Å². The largest absolute Gasteiger partial charge is 0.380 e. The fourth-order valence-electron chi connectivity index (χ4n) is 2.24. The number of likely N-dealkylation sites (tertiary alicyclic amines) is 1. The molecule has 18 heavy (non-hydrogen) atoms. The molecule has 1 heterocycles. The molecule has 0 aromatic rings. The molecule has 1 aliphatic rings. The quantitative estimate of drug-likeness (QED) is 0.673. The molecular formula is C14H28N2O2. The Kier molecular flexibility index (Phi) is 7.28. The normalized spacial score (nSPS) is 20.8. The van der Waals surface area contributed by atoms with Gasteiger partial charge in [-0.3, -0.25) is 4.79 Å². The van der Waals surface area contributed by atoms with E-state index in [0.717, 1.165) is 45.4 Å². The minimum Gasteiger partial charge on any atom is -0.380 e. The van der Waals surface area contributed by atoms with Gasteiger partial charge in [0.1, 0.15) is 0 Å². The molecule has 1 amide bonds. The summed E-state index contributed by atoms with van der Waals surface area (Å²) >= 11 is 0. The molecule has 4 heteroatoms. The van der Waals surface area contributed by atoms with E-state index in [0.29, 0.717) is 12.6 Å². The number of carbonyl (C=O) groups is 1. The maximum Gasteiger partial charge on any atom is 0.239 e. The van der Waals surface area contributed by atoms with E-state index in [4.69, 9.17) is 4.74 Å². The Morgan fingerprint density at radius 3 is 2.89 bits per heavy atom. The first-order valence-corrected chi connectivity index (χ1v) is 7.27. The van der Waals surface area contributed by atoms with Crippen molar-refractivity contribution >= 4 is 5.91 Å². The molecule has 0 aromatic heterocycles. The molecule has 1 aliphatic heterocycles. The van der Waals surface area contributed by atoms with E-state index < -0.39 is 0 Å². The highest BCUT2D eigenvalue weighted by molar-refractivity contribution is 5.82. The molecule has 0 aromatic carbocycles. The van der Waals surface area contributed by atoms with Gasteiger partial charge in [0, 0.05) is 25.7 Å². The van der Waals surface area contributed by atoms with Gasteiger partial charge in [-0.2, -0.15) is 0 Å². The van der Waals surface area contributed by atoms with Gasteiger partial charge in [0.25, 0.3) is 0 Å². The summed E-state index contributed by atoms with van der Waals surface area (Å²) in [5, 5.41) is 3.34. The van der Waals surface area contributed by atoms with Gasteiger partial charge in [-0.25, -0.2) is 0 Å². The highest BCUT2D eigenvalue weighted by atomic mass is 16.5. The second-order valence-electron chi connectivity index (χ2n) is 5.31. The van der Waals surface area contributed by atoms with Gasteiger partial charge >= 0.3 is 0 Å². The summed E-state index contributed by atoms with van der Waals surface area (Å²) < 4.78 is 5.53. The lowest BCUT2D eigenvalue weighted by Crippen LogP contribution is -2.53. The van der Waals surface area contributed by atoms with Crippen LogP contribution in [0.5, 0.6) is 0 Å². The van der Waals surface area contributed by atoms with Crippen molar-refractivity contribution in [2.24, 2.45) is 0 Å². The molecule has 0 spiro atoms. The van der Waals surface area contributed by atoms with Crippen molar-refractivity contribution in [3.63, 3.8) is 0 Å². The molecule has 1 N–H and O–H groups in total. The average Bonchev–Trinajstić information content (AvgIpc) is 2.33. The molecule has 106 valence electrons. The van der Waals surface area contributed by atoms with Crippen LogP contribution in [0, 0.1) is 0 Å². The summed E-state index contributed by atoms with van der Waals surface area (Å²) in [6.07, 6.45) is 4.31. The summed E-state index contributed by atoms with van der Waals surface area (Å²) in [6, 6.07) is 0.370. The zero-order chi connectivity index (χ0) is 13.4. The zero-order valence-electron chi connectivity index (χ0n) is 12.1. The first-order valence-electron chi connectivity index (χ1n) is 7.27. The van der Waals surface area contributed by atoms with E-state index in [1.165, 1.54) is 0 Å². The first-order chi connectivity index (χ1) is 8.65. The number of amides is 1. The molecule has 1 fully saturated rings. The zero-order valence-corrected chi connectivity index (χ0v) is 12.1. The van der Waals surface area contributed by atoms with Crippen LogP contribution < -0.4 is 5.32 Å². The second-order valence-corrected chi connectivity index (χ2v) is 5.31. The number of piperidine rings is 1. The van der Waals surface area contributed by atoms with Crippen LogP contribution >= 0.6 is 0 Å². The predicted molar refractivity (Wildman–Crippen MR) is 73.6 cm³/mol. The molecule has 1 atom stereocenters. The Balaban J connectivity index is 2.25. The summed E-state index contributed by atoms with van der Waals surface area (Å²) in [5.74, 6) is 0.244. The number of nitrogens with one attached hydrogen (secondary N) is 1. The summed E-state index contributed by atoms with van der Waals surface area (Å²) in [4.78, 5) is 14.1. The maximum absolute atomic E-state index is 12.2. The van der Waals surface area contributed by atoms with E-state index in [-0.39, 0.29) is 11.9 Å². The van der Waals surface area contributed by atoms with E-state index >= 15 is 0 Å². The fourth-order valence-corrected chi connectivity index (χ4v) is 2.24. The third-order valence-electron chi connectivity index (χ3n) is 3.21. The summed E-state index contributed by atoms with van der Waals surface area (Å²) in [6.45, 7) is 9.41. The lowest BCUT2D eigenvalue weighted by Gasteiger charge is -2.33. The minimum atomic E-state index is 0.00870. The number of rotatable bonds is 8. The smallest absolute Gasteiger partial charge is 0.239 e. The van der Waals surface area contributed by atoms with E-state index in [1.54, 1.807) is 0 Å². The molecule has 1 unspecified atom stereocenters. The molecule has 4 nitrogen and oxygen atoms in total. The highest BCUT2D eigenvalue weighted by Gasteiger charge is 2.28. The predicted octanol–water partition coefficient (Wildman–Crippen LogP) is 1.79. The summed E-state index contributed by atoms with van der Waals surface area (Å²) in [5.41, 5.74) is 0. The molecule has 0 aliphatic carbocycles. The second kappa shape index (κ2) is 8.48. The molecule has 0 saturated carbocycles. The van der Waals surface area contributed by atoms with Gasteiger partial charge in [0.05, 0.1) is 12.6 Å². The van der Waals surface area contributed by atoms with Crippen LogP contribution in [0.4, 0.5) is 0 Å². The maximum atomic E-state index is 12.2. The van der Waals surface area contributed by atoms with Crippen molar-refractivity contribution in [2.75, 3.05) is 26.3 Å². The Bertz CT molecular complexity index is 244. The van der Waals surface area contributed by atoms with Crippen LogP contribution in [0.1, 0.15) is 46.5 Å². The van der Waals surface area contributed by atoms with Gasteiger partial charge in [0.2, 0.25) is 5.91 Å². The van der Waals surface area contributed by atoms with Crippen LogP contribution in [-0.4, -0.2) is 49.2 Å². The summed E-state index contributed by atoms with van der Waals surface area (Å²) in [7, 11) is 0. The third kappa shape index (κ3) is 5.36. The van der Waals surface area contributed by atoms with Crippen molar-refractivity contribution in [3.8, 4) is 0 Å². The van der Waals surface area contributed by atoms with Crippen molar-refractivity contribution in [1.82, 2.24) is 10.2 Å². The lowest BCUT2D eigenvalue weighted by molar-refractivity contribution is -0.137. The van der Waals surface area contributed by atoms with Crippen LogP contribution in [0.25, 0.3) is 0 Å². The number of hydrogen-bond donors (Lipinski definition) is 1. The minimum absolute atomic E-state index is 0.00870. The van der Waals surface area contributed by atoms with Crippen LogP contribution in [0.15, 0.2) is 0 Å². The molecule has 0 bridgehead atoms. The van der Waals surface area contributed by atoms with E-state index in [1.807, 2.05) is 4.90 Å². The number of hydrogen-bond acceptors (Lipinski definition) is 3. The monoisotopic (exact) mass is 256 g/mol.